The summed E-state index contributed by atoms with van der Waals surface area (Å²) in [6.45, 7) is 0. The Morgan fingerprint density at radius 1 is 1.47 bits per heavy atom. The predicted octanol–water partition coefficient (Wildman–Crippen LogP) is 2.39. The van der Waals surface area contributed by atoms with Crippen LogP contribution in [0, 0.1) is 13.7 Å². The number of aromatic nitrogens is 2. The first-order valence-electron chi connectivity index (χ1n) is 4.11. The first-order chi connectivity index (χ1) is 7.18. The smallest absolute Gasteiger partial charge is 0.270 e. The number of imidazole rings is 1. The predicted molar refractivity (Wildman–Crippen MR) is 62.9 cm³/mol. The summed E-state index contributed by atoms with van der Waals surface area (Å²) in [4.78, 5) is 14.1. The van der Waals surface area contributed by atoms with Crippen molar-refractivity contribution in [3.63, 3.8) is 0 Å². The van der Waals surface area contributed by atoms with Crippen LogP contribution in [0.3, 0.4) is 0 Å². The fourth-order valence-corrected chi connectivity index (χ4v) is 2.00. The van der Waals surface area contributed by atoms with Gasteiger partial charge in [-0.2, -0.15) is 0 Å². The minimum absolute atomic E-state index is 0.100. The molecule has 0 atom stereocenters. The van der Waals surface area contributed by atoms with Gasteiger partial charge in [-0.1, -0.05) is 0 Å². The van der Waals surface area contributed by atoms with Crippen molar-refractivity contribution in [3.8, 4) is 5.69 Å². The Morgan fingerprint density at radius 2 is 2.27 bits per heavy atom. The van der Waals surface area contributed by atoms with Crippen molar-refractivity contribution in [2.45, 2.75) is 0 Å². The maximum absolute atomic E-state index is 10.5. The summed E-state index contributed by atoms with van der Waals surface area (Å²) < 4.78 is 2.63. The first-order valence-corrected chi connectivity index (χ1v) is 5.18. The molecule has 0 amide bonds. The monoisotopic (exact) mass is 315 g/mol. The Balaban J connectivity index is 2.48. The lowest BCUT2D eigenvalue weighted by atomic mass is 10.3. The molecular formula is C9H6IN3O2. The second-order valence-electron chi connectivity index (χ2n) is 2.86. The third-order valence-electron chi connectivity index (χ3n) is 1.92. The van der Waals surface area contributed by atoms with E-state index in [0.29, 0.717) is 0 Å². The molecule has 5 nitrogen and oxygen atoms in total. The molecule has 1 aromatic carbocycles. The molecule has 0 N–H and O–H groups in total. The summed E-state index contributed by atoms with van der Waals surface area (Å²) in [6, 6.07) is 4.73. The zero-order valence-corrected chi connectivity index (χ0v) is 9.66. The highest BCUT2D eigenvalue weighted by molar-refractivity contribution is 14.1. The van der Waals surface area contributed by atoms with Gasteiger partial charge in [-0.3, -0.25) is 10.1 Å². The summed E-state index contributed by atoms with van der Waals surface area (Å²) in [5.41, 5.74) is 0.988. The molecule has 0 saturated heterocycles. The van der Waals surface area contributed by atoms with Gasteiger partial charge in [0.25, 0.3) is 5.69 Å². The standard InChI is InChI=1S/C9H6IN3O2/c10-8-5-7(13(14)15)1-2-9(8)12-4-3-11-6-12/h1-6H. The summed E-state index contributed by atoms with van der Waals surface area (Å²) >= 11 is 2.07. The van der Waals surface area contributed by atoms with Crippen LogP contribution in [-0.4, -0.2) is 14.5 Å². The lowest BCUT2D eigenvalue weighted by molar-refractivity contribution is -0.384. The SMILES string of the molecule is O=[N+]([O-])c1ccc(-n2ccnc2)c(I)c1. The largest absolute Gasteiger partial charge is 0.305 e. The Morgan fingerprint density at radius 3 is 2.80 bits per heavy atom. The molecule has 6 heteroatoms. The third kappa shape index (κ3) is 1.99. The number of halogens is 1. The van der Waals surface area contributed by atoms with Crippen molar-refractivity contribution in [2.24, 2.45) is 0 Å². The van der Waals surface area contributed by atoms with Crippen LogP contribution < -0.4 is 0 Å². The number of hydrogen-bond acceptors (Lipinski definition) is 3. The van der Waals surface area contributed by atoms with Crippen molar-refractivity contribution >= 4 is 28.3 Å². The fraction of sp³-hybridized carbons (Fsp3) is 0. The molecule has 2 rings (SSSR count). The van der Waals surface area contributed by atoms with E-state index in [9.17, 15) is 10.1 Å². The Bertz CT molecular complexity index is 496. The van der Waals surface area contributed by atoms with Gasteiger partial charge in [0.1, 0.15) is 0 Å². The van der Waals surface area contributed by atoms with Gasteiger partial charge in [0, 0.05) is 28.1 Å². The number of hydrogen-bond donors (Lipinski definition) is 0. The zero-order chi connectivity index (χ0) is 10.8. The number of rotatable bonds is 2. The average molecular weight is 315 g/mol. The van der Waals surface area contributed by atoms with Gasteiger partial charge in [0.15, 0.2) is 0 Å². The van der Waals surface area contributed by atoms with Gasteiger partial charge in [-0.15, -0.1) is 0 Å². The second kappa shape index (κ2) is 3.97. The summed E-state index contributed by atoms with van der Waals surface area (Å²) in [5.74, 6) is 0. The normalized spacial score (nSPS) is 10.2. The molecule has 15 heavy (non-hydrogen) atoms. The molecule has 76 valence electrons. The van der Waals surface area contributed by atoms with Crippen LogP contribution in [0.1, 0.15) is 0 Å². The minimum Gasteiger partial charge on any atom is -0.305 e. The van der Waals surface area contributed by atoms with Crippen molar-refractivity contribution in [1.82, 2.24) is 9.55 Å². The summed E-state index contributed by atoms with van der Waals surface area (Å²) in [6.07, 6.45) is 5.12. The van der Waals surface area contributed by atoms with Crippen LogP contribution in [0.2, 0.25) is 0 Å². The van der Waals surface area contributed by atoms with Crippen molar-refractivity contribution in [2.75, 3.05) is 0 Å². The van der Waals surface area contributed by atoms with Crippen LogP contribution in [0.5, 0.6) is 0 Å². The van der Waals surface area contributed by atoms with E-state index in [1.807, 2.05) is 4.57 Å². The maximum atomic E-state index is 10.5. The highest BCUT2D eigenvalue weighted by atomic mass is 127. The Labute approximate surface area is 99.0 Å². The third-order valence-corrected chi connectivity index (χ3v) is 2.79. The number of benzene rings is 1. The quantitative estimate of drug-likeness (QED) is 0.486. The molecule has 1 aromatic heterocycles. The maximum Gasteiger partial charge on any atom is 0.270 e. The molecule has 0 aliphatic carbocycles. The number of nitro benzene ring substituents is 1. The molecule has 0 aliphatic rings. The molecule has 0 bridgehead atoms. The van der Waals surface area contributed by atoms with E-state index in [4.69, 9.17) is 0 Å². The average Bonchev–Trinajstić information content (AvgIpc) is 2.70. The van der Waals surface area contributed by atoms with Gasteiger partial charge in [-0.05, 0) is 28.7 Å². The van der Waals surface area contributed by atoms with E-state index in [1.54, 1.807) is 24.8 Å². The molecular weight excluding hydrogens is 309 g/mol. The lowest BCUT2D eigenvalue weighted by Crippen LogP contribution is -1.95. The number of non-ortho nitro benzene ring substituents is 1. The van der Waals surface area contributed by atoms with Gasteiger partial charge >= 0.3 is 0 Å². The molecule has 0 radical (unpaired) electrons. The molecule has 0 fully saturated rings. The number of nitro groups is 1. The summed E-state index contributed by atoms with van der Waals surface area (Å²) in [5, 5.41) is 10.5. The van der Waals surface area contributed by atoms with Crippen LogP contribution >= 0.6 is 22.6 Å². The number of nitrogens with zero attached hydrogens (tertiary/aromatic N) is 3. The van der Waals surface area contributed by atoms with E-state index in [-0.39, 0.29) is 5.69 Å². The Kier molecular flexibility index (Phi) is 2.67. The highest BCUT2D eigenvalue weighted by Gasteiger charge is 2.09. The van der Waals surface area contributed by atoms with Gasteiger partial charge in [0.2, 0.25) is 0 Å². The minimum atomic E-state index is -0.403. The first kappa shape index (κ1) is 10.1. The fourth-order valence-electron chi connectivity index (χ4n) is 1.22. The van der Waals surface area contributed by atoms with E-state index < -0.39 is 4.92 Å². The van der Waals surface area contributed by atoms with Crippen LogP contribution in [0.25, 0.3) is 5.69 Å². The second-order valence-corrected chi connectivity index (χ2v) is 4.02. The highest BCUT2D eigenvalue weighted by Crippen LogP contribution is 2.22. The zero-order valence-electron chi connectivity index (χ0n) is 7.50. The van der Waals surface area contributed by atoms with Gasteiger partial charge < -0.3 is 4.57 Å². The van der Waals surface area contributed by atoms with E-state index in [2.05, 4.69) is 27.6 Å². The van der Waals surface area contributed by atoms with Crippen LogP contribution in [0.15, 0.2) is 36.9 Å². The molecule has 0 unspecified atom stereocenters. The summed E-state index contributed by atoms with van der Waals surface area (Å²) in [7, 11) is 0. The van der Waals surface area contributed by atoms with Crippen molar-refractivity contribution in [1.29, 1.82) is 0 Å². The lowest BCUT2D eigenvalue weighted by Gasteiger charge is -2.04. The molecule has 1 heterocycles. The van der Waals surface area contributed by atoms with Crippen LogP contribution in [-0.2, 0) is 0 Å². The van der Waals surface area contributed by atoms with E-state index in [1.165, 1.54) is 12.1 Å². The van der Waals surface area contributed by atoms with Crippen molar-refractivity contribution in [3.05, 3.63) is 50.6 Å². The van der Waals surface area contributed by atoms with Crippen molar-refractivity contribution < 1.29 is 4.92 Å². The van der Waals surface area contributed by atoms with Crippen LogP contribution in [0.4, 0.5) is 5.69 Å². The van der Waals surface area contributed by atoms with E-state index in [0.717, 1.165) is 9.26 Å². The van der Waals surface area contributed by atoms with Gasteiger partial charge in [0.05, 0.1) is 16.9 Å². The Hall–Kier alpha value is -1.44. The molecule has 2 aromatic rings. The topological polar surface area (TPSA) is 61.0 Å². The molecule has 0 saturated carbocycles. The van der Waals surface area contributed by atoms with E-state index >= 15 is 0 Å². The molecule has 0 spiro atoms. The molecule has 0 aliphatic heterocycles. The van der Waals surface area contributed by atoms with Gasteiger partial charge in [-0.25, -0.2) is 4.98 Å².